The first kappa shape index (κ1) is 25.8. The van der Waals surface area contributed by atoms with E-state index in [1.807, 2.05) is 19.9 Å². The Bertz CT molecular complexity index is 1100. The van der Waals surface area contributed by atoms with Crippen molar-refractivity contribution in [3.05, 3.63) is 83.4 Å². The molecule has 0 bridgehead atoms. The molecular formula is C29H32O6. The Morgan fingerprint density at radius 1 is 0.657 bits per heavy atom. The summed E-state index contributed by atoms with van der Waals surface area (Å²) >= 11 is 0. The molecule has 6 nitrogen and oxygen atoms in total. The molecule has 6 heteroatoms. The van der Waals surface area contributed by atoms with Crippen molar-refractivity contribution in [3.63, 3.8) is 0 Å². The first-order chi connectivity index (χ1) is 17.0. The molecule has 0 heterocycles. The van der Waals surface area contributed by atoms with E-state index in [-0.39, 0.29) is 0 Å². The lowest BCUT2D eigenvalue weighted by Gasteiger charge is -2.10. The van der Waals surface area contributed by atoms with E-state index in [0.717, 1.165) is 24.2 Å². The number of ether oxygens (including phenoxy) is 4. The topological polar surface area (TPSA) is 71.1 Å². The van der Waals surface area contributed by atoms with Crippen molar-refractivity contribution in [2.45, 2.75) is 46.5 Å². The molecule has 0 saturated carbocycles. The number of aryl methyl sites for hydroxylation is 1. The molecule has 0 aliphatic rings. The van der Waals surface area contributed by atoms with Crippen LogP contribution in [0.25, 0.3) is 0 Å². The number of carbonyl (C=O) groups is 2. The Balaban J connectivity index is 1.52. The lowest BCUT2D eigenvalue weighted by Crippen LogP contribution is -2.10. The van der Waals surface area contributed by atoms with E-state index in [0.29, 0.717) is 41.6 Å². The molecule has 35 heavy (non-hydrogen) atoms. The molecule has 0 saturated heterocycles. The summed E-state index contributed by atoms with van der Waals surface area (Å²) in [4.78, 5) is 25.0. The molecule has 3 aromatic rings. The Morgan fingerprint density at radius 2 is 1.23 bits per heavy atom. The minimum atomic E-state index is -0.506. The molecule has 3 rings (SSSR count). The monoisotopic (exact) mass is 476 g/mol. The van der Waals surface area contributed by atoms with Crippen molar-refractivity contribution in [2.24, 2.45) is 0 Å². The third-order valence-electron chi connectivity index (χ3n) is 5.33. The van der Waals surface area contributed by atoms with Crippen molar-refractivity contribution in [3.8, 4) is 23.0 Å². The van der Waals surface area contributed by atoms with E-state index in [9.17, 15) is 9.59 Å². The summed E-state index contributed by atoms with van der Waals surface area (Å²) in [6, 6.07) is 18.4. The van der Waals surface area contributed by atoms with E-state index in [1.54, 1.807) is 60.7 Å². The van der Waals surface area contributed by atoms with Gasteiger partial charge in [0, 0.05) is 0 Å². The summed E-state index contributed by atoms with van der Waals surface area (Å²) in [6.07, 6.45) is 4.58. The molecule has 0 spiro atoms. The quantitative estimate of drug-likeness (QED) is 0.163. The van der Waals surface area contributed by atoms with Crippen LogP contribution in [0.15, 0.2) is 66.7 Å². The summed E-state index contributed by atoms with van der Waals surface area (Å²) in [5.74, 6) is 1.13. The molecule has 184 valence electrons. The molecule has 3 aromatic carbocycles. The van der Waals surface area contributed by atoms with E-state index in [2.05, 4.69) is 6.92 Å². The van der Waals surface area contributed by atoms with Crippen LogP contribution in [-0.2, 0) is 0 Å². The van der Waals surface area contributed by atoms with Crippen molar-refractivity contribution in [1.29, 1.82) is 0 Å². The number of carbonyl (C=O) groups excluding carboxylic acids is 2. The predicted molar refractivity (Wildman–Crippen MR) is 135 cm³/mol. The lowest BCUT2D eigenvalue weighted by atomic mass is 10.1. The number of esters is 2. The lowest BCUT2D eigenvalue weighted by molar-refractivity contribution is 0.0730. The zero-order valence-corrected chi connectivity index (χ0v) is 20.5. The second-order valence-electron chi connectivity index (χ2n) is 8.10. The Kier molecular flexibility index (Phi) is 9.72. The smallest absolute Gasteiger partial charge is 0.343 e. The fraction of sp³-hybridized carbons (Fsp3) is 0.310. The zero-order chi connectivity index (χ0) is 25.0. The average molecular weight is 477 g/mol. The van der Waals surface area contributed by atoms with E-state index in [1.165, 1.54) is 12.8 Å². The maximum absolute atomic E-state index is 12.5. The summed E-state index contributed by atoms with van der Waals surface area (Å²) < 4.78 is 22.1. The van der Waals surface area contributed by atoms with Gasteiger partial charge >= 0.3 is 11.9 Å². The normalized spacial score (nSPS) is 10.5. The largest absolute Gasteiger partial charge is 0.494 e. The predicted octanol–water partition coefficient (Wildman–Crippen LogP) is 6.79. The first-order valence-corrected chi connectivity index (χ1v) is 12.0. The van der Waals surface area contributed by atoms with E-state index >= 15 is 0 Å². The molecule has 0 fully saturated rings. The zero-order valence-electron chi connectivity index (χ0n) is 20.5. The van der Waals surface area contributed by atoms with Crippen molar-refractivity contribution >= 4 is 11.9 Å². The van der Waals surface area contributed by atoms with Gasteiger partial charge in [-0.05, 0) is 86.5 Å². The minimum Gasteiger partial charge on any atom is -0.494 e. The van der Waals surface area contributed by atoms with Crippen LogP contribution in [0.3, 0.4) is 0 Å². The molecule has 0 aliphatic heterocycles. The van der Waals surface area contributed by atoms with Gasteiger partial charge < -0.3 is 18.9 Å². The van der Waals surface area contributed by atoms with Gasteiger partial charge in [-0.2, -0.15) is 0 Å². The van der Waals surface area contributed by atoms with Crippen molar-refractivity contribution in [1.82, 2.24) is 0 Å². The van der Waals surface area contributed by atoms with Gasteiger partial charge in [0.2, 0.25) is 0 Å². The third kappa shape index (κ3) is 7.88. The molecule has 0 aliphatic carbocycles. The van der Waals surface area contributed by atoms with Gasteiger partial charge in [0.25, 0.3) is 0 Å². The fourth-order valence-electron chi connectivity index (χ4n) is 3.35. The highest BCUT2D eigenvalue weighted by Gasteiger charge is 2.13. The van der Waals surface area contributed by atoms with Crippen LogP contribution in [-0.4, -0.2) is 25.2 Å². The number of unbranched alkanes of at least 4 members (excludes halogenated alkanes) is 3. The van der Waals surface area contributed by atoms with Gasteiger partial charge in [0.15, 0.2) is 0 Å². The first-order valence-electron chi connectivity index (χ1n) is 12.0. The van der Waals surface area contributed by atoms with Gasteiger partial charge in [-0.3, -0.25) is 0 Å². The van der Waals surface area contributed by atoms with Crippen molar-refractivity contribution in [2.75, 3.05) is 13.2 Å². The molecule has 0 atom stereocenters. The minimum absolute atomic E-state index is 0.325. The van der Waals surface area contributed by atoms with E-state index < -0.39 is 11.9 Å². The fourth-order valence-corrected chi connectivity index (χ4v) is 3.35. The van der Waals surface area contributed by atoms with Crippen LogP contribution in [0.1, 0.15) is 65.8 Å². The van der Waals surface area contributed by atoms with Crippen LogP contribution in [0.4, 0.5) is 0 Å². The van der Waals surface area contributed by atoms with Crippen LogP contribution in [0.2, 0.25) is 0 Å². The van der Waals surface area contributed by atoms with Gasteiger partial charge in [-0.25, -0.2) is 9.59 Å². The highest BCUT2D eigenvalue weighted by Crippen LogP contribution is 2.23. The van der Waals surface area contributed by atoms with E-state index in [4.69, 9.17) is 18.9 Å². The van der Waals surface area contributed by atoms with Crippen LogP contribution < -0.4 is 18.9 Å². The third-order valence-corrected chi connectivity index (χ3v) is 5.33. The van der Waals surface area contributed by atoms with Gasteiger partial charge in [0.05, 0.1) is 24.3 Å². The summed E-state index contributed by atoms with van der Waals surface area (Å²) in [7, 11) is 0. The maximum Gasteiger partial charge on any atom is 0.343 e. The molecule has 0 radical (unpaired) electrons. The number of rotatable bonds is 12. The standard InChI is InChI=1S/C29H32O6/c1-4-6-7-8-19-33-24-15-17-26(18-16-24)34-28(30)22-11-13-25(14-12-22)35-29(31)23-10-9-21(3)27(20-23)32-5-2/h9-18,20H,4-8,19H2,1-3H3. The number of hydrogen-bond donors (Lipinski definition) is 0. The summed E-state index contributed by atoms with van der Waals surface area (Å²) in [5.41, 5.74) is 1.67. The Hall–Kier alpha value is -3.80. The molecule has 0 unspecified atom stereocenters. The van der Waals surface area contributed by atoms with Gasteiger partial charge in [-0.1, -0.05) is 32.3 Å². The highest BCUT2D eigenvalue weighted by atomic mass is 16.5. The molecule has 0 amide bonds. The number of hydrogen-bond acceptors (Lipinski definition) is 6. The second kappa shape index (κ2) is 13.2. The molecular weight excluding hydrogens is 444 g/mol. The van der Waals surface area contributed by atoms with Crippen LogP contribution >= 0.6 is 0 Å². The number of benzene rings is 3. The highest BCUT2D eigenvalue weighted by molar-refractivity contribution is 5.93. The second-order valence-corrected chi connectivity index (χ2v) is 8.10. The summed E-state index contributed by atoms with van der Waals surface area (Å²) in [5, 5.41) is 0. The Labute approximate surface area is 206 Å². The van der Waals surface area contributed by atoms with Crippen molar-refractivity contribution < 1.29 is 28.5 Å². The van der Waals surface area contributed by atoms with Crippen LogP contribution in [0, 0.1) is 6.92 Å². The SMILES string of the molecule is CCCCCCOc1ccc(OC(=O)c2ccc(OC(=O)c3ccc(C)c(OCC)c3)cc2)cc1. The summed E-state index contributed by atoms with van der Waals surface area (Å²) in [6.45, 7) is 7.16. The van der Waals surface area contributed by atoms with Gasteiger partial charge in [0.1, 0.15) is 23.0 Å². The van der Waals surface area contributed by atoms with Gasteiger partial charge in [-0.15, -0.1) is 0 Å². The maximum atomic E-state index is 12.5. The van der Waals surface area contributed by atoms with Crippen LogP contribution in [0.5, 0.6) is 23.0 Å². The molecule has 0 N–H and O–H groups in total. The molecule has 0 aromatic heterocycles. The average Bonchev–Trinajstić information content (AvgIpc) is 2.86. The Morgan fingerprint density at radius 3 is 1.86 bits per heavy atom.